The number of methoxy groups -OCH3 is 1. The van der Waals surface area contributed by atoms with Gasteiger partial charge < -0.3 is 9.84 Å². The highest BCUT2D eigenvalue weighted by Gasteiger charge is 2.26. The van der Waals surface area contributed by atoms with Crippen molar-refractivity contribution in [3.8, 4) is 11.5 Å². The number of hydrogen-bond acceptors (Lipinski definition) is 5. The van der Waals surface area contributed by atoms with E-state index in [1.165, 1.54) is 37.4 Å². The number of phenolic OH excluding ortho intramolecular Hbond substituents is 1. The summed E-state index contributed by atoms with van der Waals surface area (Å²) in [6.07, 6.45) is 2.37. The monoisotopic (exact) mass is 290 g/mol. The lowest BCUT2D eigenvalue weighted by Gasteiger charge is -2.05. The van der Waals surface area contributed by atoms with Gasteiger partial charge in [0, 0.05) is 16.9 Å². The van der Waals surface area contributed by atoms with Gasteiger partial charge in [-0.15, -0.1) is 11.3 Å². The summed E-state index contributed by atoms with van der Waals surface area (Å²) in [5.74, 6) is 0.561. The Hall–Kier alpha value is -2.08. The third kappa shape index (κ3) is 2.60. The molecule has 0 atom stereocenters. The molecule has 1 aromatic heterocycles. The number of anilines is 1. The maximum atomic E-state index is 12.1. The third-order valence-electron chi connectivity index (χ3n) is 3.18. The van der Waals surface area contributed by atoms with E-state index in [0.29, 0.717) is 22.4 Å². The zero-order chi connectivity index (χ0) is 14.1. The van der Waals surface area contributed by atoms with Crippen LogP contribution in [0.2, 0.25) is 0 Å². The number of amides is 1. The SMILES string of the molecule is COc1ccc(C(=O)Nc2nc(C3CC3)cs2)cc1O. The van der Waals surface area contributed by atoms with Gasteiger partial charge in [-0.1, -0.05) is 0 Å². The van der Waals surface area contributed by atoms with Gasteiger partial charge in [0.2, 0.25) is 0 Å². The highest BCUT2D eigenvalue weighted by Crippen LogP contribution is 2.40. The van der Waals surface area contributed by atoms with Gasteiger partial charge in [-0.05, 0) is 31.0 Å². The molecule has 2 aromatic rings. The van der Waals surface area contributed by atoms with Crippen molar-refractivity contribution in [3.05, 3.63) is 34.8 Å². The summed E-state index contributed by atoms with van der Waals surface area (Å²) in [4.78, 5) is 16.5. The standard InChI is InChI=1S/C14H14N2O3S/c1-19-12-5-4-9(6-11(12)17)13(18)16-14-15-10(7-20-14)8-2-3-8/h4-8,17H,2-3H2,1H3,(H,15,16,18). The molecule has 1 saturated carbocycles. The second kappa shape index (κ2) is 5.13. The number of ether oxygens (including phenoxy) is 1. The molecule has 20 heavy (non-hydrogen) atoms. The zero-order valence-corrected chi connectivity index (χ0v) is 11.7. The van der Waals surface area contributed by atoms with E-state index in [9.17, 15) is 9.90 Å². The van der Waals surface area contributed by atoms with Gasteiger partial charge in [0.1, 0.15) is 0 Å². The van der Waals surface area contributed by atoms with Crippen LogP contribution in [-0.2, 0) is 0 Å². The molecule has 5 nitrogen and oxygen atoms in total. The number of rotatable bonds is 4. The van der Waals surface area contributed by atoms with Gasteiger partial charge in [0.05, 0.1) is 12.8 Å². The average molecular weight is 290 g/mol. The largest absolute Gasteiger partial charge is 0.504 e. The topological polar surface area (TPSA) is 71.5 Å². The van der Waals surface area contributed by atoms with Crippen LogP contribution in [-0.4, -0.2) is 23.1 Å². The summed E-state index contributed by atoms with van der Waals surface area (Å²) in [5, 5.41) is 15.0. The summed E-state index contributed by atoms with van der Waals surface area (Å²) in [7, 11) is 1.46. The van der Waals surface area contributed by atoms with E-state index in [2.05, 4.69) is 10.3 Å². The van der Waals surface area contributed by atoms with Crippen molar-refractivity contribution in [2.45, 2.75) is 18.8 Å². The van der Waals surface area contributed by atoms with Crippen LogP contribution in [0.3, 0.4) is 0 Å². The number of aromatic hydroxyl groups is 1. The van der Waals surface area contributed by atoms with E-state index < -0.39 is 0 Å². The second-order valence-electron chi connectivity index (χ2n) is 4.69. The Morgan fingerprint density at radius 3 is 2.95 bits per heavy atom. The van der Waals surface area contributed by atoms with E-state index in [-0.39, 0.29) is 11.7 Å². The molecule has 104 valence electrons. The van der Waals surface area contributed by atoms with Gasteiger partial charge in [-0.25, -0.2) is 4.98 Å². The Morgan fingerprint density at radius 1 is 1.50 bits per heavy atom. The third-order valence-corrected chi connectivity index (χ3v) is 3.96. The van der Waals surface area contributed by atoms with Crippen molar-refractivity contribution in [3.63, 3.8) is 0 Å². The van der Waals surface area contributed by atoms with E-state index in [1.807, 2.05) is 5.38 Å². The quantitative estimate of drug-likeness (QED) is 0.908. The molecular weight excluding hydrogens is 276 g/mol. The molecule has 0 aliphatic heterocycles. The molecule has 1 heterocycles. The number of thiazole rings is 1. The number of aromatic nitrogens is 1. The van der Waals surface area contributed by atoms with Crippen LogP contribution in [0.25, 0.3) is 0 Å². The fourth-order valence-corrected chi connectivity index (χ4v) is 2.70. The molecule has 1 aromatic carbocycles. The van der Waals surface area contributed by atoms with Gasteiger partial charge in [-0.3, -0.25) is 10.1 Å². The van der Waals surface area contributed by atoms with Gasteiger partial charge in [0.25, 0.3) is 5.91 Å². The van der Waals surface area contributed by atoms with Gasteiger partial charge in [0.15, 0.2) is 16.6 Å². The van der Waals surface area contributed by atoms with E-state index >= 15 is 0 Å². The number of nitrogens with one attached hydrogen (secondary N) is 1. The molecule has 6 heteroatoms. The molecule has 0 unspecified atom stereocenters. The first-order chi connectivity index (χ1) is 9.67. The van der Waals surface area contributed by atoms with Crippen molar-refractivity contribution in [1.29, 1.82) is 0 Å². The number of nitrogens with zero attached hydrogens (tertiary/aromatic N) is 1. The molecule has 1 aliphatic rings. The average Bonchev–Trinajstić information content (AvgIpc) is 3.19. The molecule has 1 amide bonds. The molecule has 2 N–H and O–H groups in total. The summed E-state index contributed by atoms with van der Waals surface area (Å²) in [6, 6.07) is 4.54. The first-order valence-electron chi connectivity index (χ1n) is 6.31. The number of hydrogen-bond donors (Lipinski definition) is 2. The molecule has 3 rings (SSSR count). The van der Waals surface area contributed by atoms with Gasteiger partial charge >= 0.3 is 0 Å². The Kier molecular flexibility index (Phi) is 3.31. The van der Waals surface area contributed by atoms with Crippen molar-refractivity contribution >= 4 is 22.4 Å². The minimum absolute atomic E-state index is 0.0574. The van der Waals surface area contributed by atoms with Crippen LogP contribution in [0, 0.1) is 0 Å². The van der Waals surface area contributed by atoms with Crippen molar-refractivity contribution in [2.75, 3.05) is 12.4 Å². The lowest BCUT2D eigenvalue weighted by Crippen LogP contribution is -2.11. The van der Waals surface area contributed by atoms with Crippen LogP contribution in [0.5, 0.6) is 11.5 Å². The fraction of sp³-hybridized carbons (Fsp3) is 0.286. The first kappa shape index (κ1) is 12.9. The Bertz CT molecular complexity index is 650. The van der Waals surface area contributed by atoms with E-state index in [1.54, 1.807) is 12.1 Å². The number of carbonyl (C=O) groups excluding carboxylic acids is 1. The number of benzene rings is 1. The molecule has 0 spiro atoms. The summed E-state index contributed by atoms with van der Waals surface area (Å²) >= 11 is 1.42. The predicted molar refractivity (Wildman–Crippen MR) is 76.7 cm³/mol. The molecule has 0 saturated heterocycles. The van der Waals surface area contributed by atoms with Crippen LogP contribution < -0.4 is 10.1 Å². The molecule has 1 aliphatic carbocycles. The van der Waals surface area contributed by atoms with Crippen LogP contribution >= 0.6 is 11.3 Å². The van der Waals surface area contributed by atoms with Crippen molar-refractivity contribution in [2.24, 2.45) is 0 Å². The maximum absolute atomic E-state index is 12.1. The Morgan fingerprint density at radius 2 is 2.30 bits per heavy atom. The minimum atomic E-state index is -0.292. The zero-order valence-electron chi connectivity index (χ0n) is 10.9. The normalized spacial score (nSPS) is 14.1. The summed E-state index contributed by atoms with van der Waals surface area (Å²) in [5.41, 5.74) is 1.43. The van der Waals surface area contributed by atoms with Crippen molar-refractivity contribution in [1.82, 2.24) is 4.98 Å². The smallest absolute Gasteiger partial charge is 0.257 e. The highest BCUT2D eigenvalue weighted by atomic mass is 32.1. The second-order valence-corrected chi connectivity index (χ2v) is 5.55. The lowest BCUT2D eigenvalue weighted by molar-refractivity contribution is 0.102. The summed E-state index contributed by atoms with van der Waals surface area (Å²) in [6.45, 7) is 0. The van der Waals surface area contributed by atoms with Crippen molar-refractivity contribution < 1.29 is 14.6 Å². The molecular formula is C14H14N2O3S. The molecule has 1 fully saturated rings. The van der Waals surface area contributed by atoms with E-state index in [4.69, 9.17) is 4.74 Å². The highest BCUT2D eigenvalue weighted by molar-refractivity contribution is 7.14. The summed E-state index contributed by atoms with van der Waals surface area (Å²) < 4.78 is 4.94. The predicted octanol–water partition coefficient (Wildman–Crippen LogP) is 2.99. The van der Waals surface area contributed by atoms with Crippen LogP contribution in [0.4, 0.5) is 5.13 Å². The van der Waals surface area contributed by atoms with Gasteiger partial charge in [-0.2, -0.15) is 0 Å². The maximum Gasteiger partial charge on any atom is 0.257 e. The van der Waals surface area contributed by atoms with Crippen LogP contribution in [0.15, 0.2) is 23.6 Å². The lowest BCUT2D eigenvalue weighted by atomic mass is 10.2. The number of phenols is 1. The molecule has 0 bridgehead atoms. The van der Waals surface area contributed by atoms with Crippen LogP contribution in [0.1, 0.15) is 34.8 Å². The Balaban J connectivity index is 1.72. The number of carbonyl (C=O) groups is 1. The minimum Gasteiger partial charge on any atom is -0.504 e. The first-order valence-corrected chi connectivity index (χ1v) is 7.19. The Labute approximate surface area is 120 Å². The molecule has 0 radical (unpaired) electrons. The fourth-order valence-electron chi connectivity index (χ4n) is 1.91. The van der Waals surface area contributed by atoms with E-state index in [0.717, 1.165) is 5.69 Å².